The molecule has 1 aromatic carbocycles. The molecule has 25 heavy (non-hydrogen) atoms. The Bertz CT molecular complexity index is 830. The van der Waals surface area contributed by atoms with Gasteiger partial charge in [-0.1, -0.05) is 24.7 Å². The average molecular weight is 383 g/mol. The summed E-state index contributed by atoms with van der Waals surface area (Å²) in [6.45, 7) is 4.30. The molecular weight excluding hydrogens is 362 g/mol. The van der Waals surface area contributed by atoms with E-state index in [1.807, 2.05) is 6.92 Å². The first kappa shape index (κ1) is 19.2. The van der Waals surface area contributed by atoms with Crippen LogP contribution >= 0.6 is 11.3 Å². The number of thiazole rings is 1. The molecule has 2 rings (SSSR count). The van der Waals surface area contributed by atoms with Gasteiger partial charge in [-0.15, -0.1) is 0 Å². The third-order valence-electron chi connectivity index (χ3n) is 3.41. The number of carbonyl (C=O) groups is 1. The van der Waals surface area contributed by atoms with Crippen LogP contribution in [0.25, 0.3) is 0 Å². The van der Waals surface area contributed by atoms with Gasteiger partial charge in [0.15, 0.2) is 5.13 Å². The Labute approximate surface area is 151 Å². The van der Waals surface area contributed by atoms with Crippen LogP contribution in [-0.2, 0) is 10.0 Å². The molecule has 0 aliphatic rings. The average Bonchev–Trinajstić information content (AvgIpc) is 2.94. The molecule has 1 aromatic heterocycles. The lowest BCUT2D eigenvalue weighted by atomic mass is 10.3. The highest BCUT2D eigenvalue weighted by Crippen LogP contribution is 2.25. The van der Waals surface area contributed by atoms with Gasteiger partial charge in [0, 0.05) is 6.54 Å². The van der Waals surface area contributed by atoms with Crippen molar-refractivity contribution in [2.24, 2.45) is 0 Å². The molecule has 2 N–H and O–H groups in total. The van der Waals surface area contributed by atoms with Gasteiger partial charge in [0.1, 0.15) is 10.6 Å². The molecule has 7 nitrogen and oxygen atoms in total. The van der Waals surface area contributed by atoms with Gasteiger partial charge in [0.25, 0.3) is 15.9 Å². The second kappa shape index (κ2) is 8.30. The van der Waals surface area contributed by atoms with Crippen molar-refractivity contribution >= 4 is 32.4 Å². The third-order valence-corrected chi connectivity index (χ3v) is 5.97. The first-order chi connectivity index (χ1) is 11.9. The maximum absolute atomic E-state index is 12.4. The highest BCUT2D eigenvalue weighted by molar-refractivity contribution is 7.93. The van der Waals surface area contributed by atoms with E-state index in [4.69, 9.17) is 4.74 Å². The lowest BCUT2D eigenvalue weighted by molar-refractivity contribution is 0.0956. The molecule has 0 saturated carbocycles. The van der Waals surface area contributed by atoms with E-state index >= 15 is 0 Å². The van der Waals surface area contributed by atoms with Gasteiger partial charge >= 0.3 is 0 Å². The van der Waals surface area contributed by atoms with Crippen molar-refractivity contribution in [2.45, 2.75) is 31.6 Å². The molecule has 0 atom stereocenters. The molecule has 0 aliphatic heterocycles. The van der Waals surface area contributed by atoms with E-state index in [9.17, 15) is 13.2 Å². The standard InChI is InChI=1S/C16H21N3O4S2/c1-4-5-10-17-15(20)14-11(2)18-16(24-14)19-25(21,22)13-8-6-12(23-3)7-9-13/h6-9H,4-5,10H2,1-3H3,(H,17,20)(H,18,19). The third kappa shape index (κ3) is 4.93. The maximum atomic E-state index is 12.4. The van der Waals surface area contributed by atoms with Crippen molar-refractivity contribution in [3.05, 3.63) is 34.8 Å². The number of anilines is 1. The fraction of sp³-hybridized carbons (Fsp3) is 0.375. The van der Waals surface area contributed by atoms with E-state index in [-0.39, 0.29) is 15.9 Å². The van der Waals surface area contributed by atoms with Crippen molar-refractivity contribution < 1.29 is 17.9 Å². The van der Waals surface area contributed by atoms with Gasteiger partial charge in [-0.3, -0.25) is 9.52 Å². The second-order valence-electron chi connectivity index (χ2n) is 5.32. The van der Waals surface area contributed by atoms with E-state index in [0.29, 0.717) is 22.9 Å². The van der Waals surface area contributed by atoms with Crippen molar-refractivity contribution in [2.75, 3.05) is 18.4 Å². The number of benzene rings is 1. The van der Waals surface area contributed by atoms with Crippen LogP contribution in [0.1, 0.15) is 35.1 Å². The number of aromatic nitrogens is 1. The van der Waals surface area contributed by atoms with Gasteiger partial charge in [0.05, 0.1) is 17.7 Å². The van der Waals surface area contributed by atoms with E-state index in [0.717, 1.165) is 24.2 Å². The maximum Gasteiger partial charge on any atom is 0.263 e. The number of methoxy groups -OCH3 is 1. The van der Waals surface area contributed by atoms with Crippen molar-refractivity contribution in [1.82, 2.24) is 10.3 Å². The lowest BCUT2D eigenvalue weighted by Crippen LogP contribution is -2.24. The van der Waals surface area contributed by atoms with Gasteiger partial charge in [-0.25, -0.2) is 13.4 Å². The smallest absolute Gasteiger partial charge is 0.263 e. The lowest BCUT2D eigenvalue weighted by Gasteiger charge is -2.06. The Kier molecular flexibility index (Phi) is 6.38. The number of aryl methyl sites for hydroxylation is 1. The van der Waals surface area contributed by atoms with Crippen LogP contribution in [0.5, 0.6) is 5.75 Å². The van der Waals surface area contributed by atoms with Gasteiger partial charge in [-0.05, 0) is 37.6 Å². The number of sulfonamides is 1. The predicted molar refractivity (Wildman–Crippen MR) is 97.9 cm³/mol. The monoisotopic (exact) mass is 383 g/mol. The molecule has 0 saturated heterocycles. The molecule has 0 radical (unpaired) electrons. The first-order valence-electron chi connectivity index (χ1n) is 7.80. The van der Waals surface area contributed by atoms with Crippen LogP contribution in [0.15, 0.2) is 29.2 Å². The number of hydrogen-bond donors (Lipinski definition) is 2. The topological polar surface area (TPSA) is 97.4 Å². The van der Waals surface area contributed by atoms with Gasteiger partial charge in [-0.2, -0.15) is 0 Å². The number of ether oxygens (including phenoxy) is 1. The first-order valence-corrected chi connectivity index (χ1v) is 10.1. The van der Waals surface area contributed by atoms with E-state index in [1.165, 1.54) is 19.2 Å². The number of hydrogen-bond acceptors (Lipinski definition) is 6. The molecule has 0 aliphatic carbocycles. The number of carbonyl (C=O) groups excluding carboxylic acids is 1. The molecular formula is C16H21N3O4S2. The van der Waals surface area contributed by atoms with Crippen molar-refractivity contribution in [1.29, 1.82) is 0 Å². The van der Waals surface area contributed by atoms with E-state index < -0.39 is 10.0 Å². The highest BCUT2D eigenvalue weighted by Gasteiger charge is 2.20. The summed E-state index contributed by atoms with van der Waals surface area (Å²) in [6, 6.07) is 6.02. The van der Waals surface area contributed by atoms with Crippen molar-refractivity contribution in [3.8, 4) is 5.75 Å². The highest BCUT2D eigenvalue weighted by atomic mass is 32.2. The fourth-order valence-electron chi connectivity index (χ4n) is 2.04. The molecule has 0 bridgehead atoms. The molecule has 136 valence electrons. The summed E-state index contributed by atoms with van der Waals surface area (Å²) >= 11 is 1.02. The molecule has 1 amide bonds. The summed E-state index contributed by atoms with van der Waals surface area (Å²) in [5.74, 6) is 0.327. The number of rotatable bonds is 8. The zero-order valence-electron chi connectivity index (χ0n) is 14.3. The summed E-state index contributed by atoms with van der Waals surface area (Å²) < 4.78 is 32.3. The minimum absolute atomic E-state index is 0.0927. The zero-order chi connectivity index (χ0) is 18.4. The molecule has 1 heterocycles. The zero-order valence-corrected chi connectivity index (χ0v) is 16.0. The van der Waals surface area contributed by atoms with E-state index in [1.54, 1.807) is 19.1 Å². The van der Waals surface area contributed by atoms with Crippen LogP contribution < -0.4 is 14.8 Å². The fourth-order valence-corrected chi connectivity index (χ4v) is 4.16. The van der Waals surface area contributed by atoms with Crippen LogP contribution in [-0.4, -0.2) is 33.0 Å². The Hall–Kier alpha value is -2.13. The molecule has 2 aromatic rings. The minimum Gasteiger partial charge on any atom is -0.497 e. The molecule has 0 fully saturated rings. The minimum atomic E-state index is -3.78. The summed E-state index contributed by atoms with van der Waals surface area (Å²) in [6.07, 6.45) is 1.87. The number of unbranched alkanes of at least 4 members (excludes halogenated alkanes) is 1. The second-order valence-corrected chi connectivity index (χ2v) is 8.01. The summed E-state index contributed by atoms with van der Waals surface area (Å²) in [5.41, 5.74) is 0.492. The number of amides is 1. The largest absolute Gasteiger partial charge is 0.497 e. The van der Waals surface area contributed by atoms with Crippen LogP contribution in [0.3, 0.4) is 0 Å². The summed E-state index contributed by atoms with van der Waals surface area (Å²) in [4.78, 5) is 16.8. The Balaban J connectivity index is 2.14. The quantitative estimate of drug-likeness (QED) is 0.683. The number of nitrogens with zero attached hydrogens (tertiary/aromatic N) is 1. The SMILES string of the molecule is CCCCNC(=O)c1sc(NS(=O)(=O)c2ccc(OC)cc2)nc1C. The molecule has 0 unspecified atom stereocenters. The predicted octanol–water partition coefficient (Wildman–Crippen LogP) is 2.79. The van der Waals surface area contributed by atoms with Gasteiger partial charge < -0.3 is 10.1 Å². The van der Waals surface area contributed by atoms with Crippen LogP contribution in [0.2, 0.25) is 0 Å². The summed E-state index contributed by atoms with van der Waals surface area (Å²) in [7, 11) is -2.27. The van der Waals surface area contributed by atoms with Crippen LogP contribution in [0, 0.1) is 6.92 Å². The number of nitrogens with one attached hydrogen (secondary N) is 2. The Morgan fingerprint density at radius 1 is 1.28 bits per heavy atom. The van der Waals surface area contributed by atoms with Crippen molar-refractivity contribution in [3.63, 3.8) is 0 Å². The molecule has 0 spiro atoms. The van der Waals surface area contributed by atoms with E-state index in [2.05, 4.69) is 15.0 Å². The Morgan fingerprint density at radius 3 is 2.56 bits per heavy atom. The Morgan fingerprint density at radius 2 is 1.96 bits per heavy atom. The normalized spacial score (nSPS) is 11.2. The summed E-state index contributed by atoms with van der Waals surface area (Å²) in [5, 5.41) is 2.96. The van der Waals surface area contributed by atoms with Gasteiger partial charge in [0.2, 0.25) is 0 Å². The van der Waals surface area contributed by atoms with Crippen LogP contribution in [0.4, 0.5) is 5.13 Å². The molecule has 9 heteroatoms.